The van der Waals surface area contributed by atoms with E-state index < -0.39 is 5.41 Å². The molecular weight excluding hydrogens is 755 g/mol. The third-order valence-electron chi connectivity index (χ3n) is 12.4. The summed E-state index contributed by atoms with van der Waals surface area (Å²) in [5.41, 5.74) is 15.3. The molecule has 62 heavy (non-hydrogen) atoms. The number of hydrogen-bond donors (Lipinski definition) is 0. The molecule has 0 saturated carbocycles. The predicted molar refractivity (Wildman–Crippen MR) is 251 cm³/mol. The summed E-state index contributed by atoms with van der Waals surface area (Å²) >= 11 is 0. The van der Waals surface area contributed by atoms with Crippen molar-refractivity contribution >= 4 is 21.8 Å². The van der Waals surface area contributed by atoms with E-state index >= 15 is 0 Å². The maximum absolute atomic E-state index is 5.05. The Morgan fingerprint density at radius 3 is 1.69 bits per heavy atom. The maximum atomic E-state index is 5.05. The minimum absolute atomic E-state index is 0.523. The van der Waals surface area contributed by atoms with Gasteiger partial charge in [0.15, 0.2) is 17.5 Å². The van der Waals surface area contributed by atoms with E-state index in [0.717, 1.165) is 39.0 Å². The van der Waals surface area contributed by atoms with Crippen LogP contribution in [-0.4, -0.2) is 24.5 Å². The zero-order chi connectivity index (χ0) is 41.0. The van der Waals surface area contributed by atoms with Crippen LogP contribution >= 0.6 is 0 Å². The Labute approximate surface area is 359 Å². The number of benzene rings is 8. The molecule has 5 heteroatoms. The van der Waals surface area contributed by atoms with E-state index in [1.165, 1.54) is 49.7 Å². The van der Waals surface area contributed by atoms with Gasteiger partial charge in [0.2, 0.25) is 0 Å². The molecule has 3 aromatic heterocycles. The van der Waals surface area contributed by atoms with Crippen LogP contribution in [0.1, 0.15) is 22.3 Å². The number of hydrogen-bond acceptors (Lipinski definition) is 4. The van der Waals surface area contributed by atoms with Crippen molar-refractivity contribution in [2.45, 2.75) is 5.41 Å². The molecular formula is C57H37N5. The molecule has 1 aliphatic carbocycles. The third-order valence-corrected chi connectivity index (χ3v) is 12.4. The molecule has 0 spiro atoms. The number of rotatable bonds is 7. The summed E-state index contributed by atoms with van der Waals surface area (Å²) in [6.45, 7) is 0. The number of nitrogens with zero attached hydrogens (tertiary/aromatic N) is 5. The standard InChI is InChI=1S/C57H37N5/c1-4-17-38(18-5-1)54-59-55(39-19-6-2-7-20-39)61-56(60-54)41-21-14-25-44(35-41)62-51-31-13-11-26-46(51)48-36-40(32-33-52(48)62)45-28-15-30-50-53(45)47-27-10-12-29-49(47)57(50,42-22-8-3-9-23-42)43-24-16-34-58-37-43/h1-37H. The number of fused-ring (bicyclic) bond motifs is 6. The predicted octanol–water partition coefficient (Wildman–Crippen LogP) is 13.4. The highest BCUT2D eigenvalue weighted by Gasteiger charge is 2.47. The van der Waals surface area contributed by atoms with Gasteiger partial charge in [-0.2, -0.15) is 0 Å². The Morgan fingerprint density at radius 1 is 0.371 bits per heavy atom. The third kappa shape index (κ3) is 5.56. The van der Waals surface area contributed by atoms with Gasteiger partial charge in [-0.3, -0.25) is 4.98 Å². The van der Waals surface area contributed by atoms with E-state index in [2.05, 4.69) is 161 Å². The van der Waals surface area contributed by atoms with Gasteiger partial charge in [-0.15, -0.1) is 0 Å². The van der Waals surface area contributed by atoms with Crippen LogP contribution in [-0.2, 0) is 5.41 Å². The van der Waals surface area contributed by atoms with Crippen LogP contribution in [0.5, 0.6) is 0 Å². The van der Waals surface area contributed by atoms with Crippen molar-refractivity contribution < 1.29 is 0 Å². The molecule has 0 aliphatic heterocycles. The smallest absolute Gasteiger partial charge is 0.164 e. The van der Waals surface area contributed by atoms with Gasteiger partial charge >= 0.3 is 0 Å². The van der Waals surface area contributed by atoms with E-state index in [9.17, 15) is 0 Å². The molecule has 1 atom stereocenters. The Kier molecular flexibility index (Phi) is 8.32. The van der Waals surface area contributed by atoms with Gasteiger partial charge in [-0.1, -0.05) is 176 Å². The van der Waals surface area contributed by atoms with E-state index in [-0.39, 0.29) is 0 Å². The van der Waals surface area contributed by atoms with Crippen LogP contribution in [0, 0.1) is 0 Å². The second kappa shape index (κ2) is 14.5. The van der Waals surface area contributed by atoms with Crippen LogP contribution < -0.4 is 0 Å². The van der Waals surface area contributed by atoms with Crippen molar-refractivity contribution in [3.8, 4) is 62.1 Å². The van der Waals surface area contributed by atoms with Gasteiger partial charge in [0.1, 0.15) is 0 Å². The lowest BCUT2D eigenvalue weighted by Crippen LogP contribution is -2.28. The highest BCUT2D eigenvalue weighted by Crippen LogP contribution is 2.58. The second-order valence-corrected chi connectivity index (χ2v) is 15.8. The van der Waals surface area contributed by atoms with Crippen LogP contribution in [0.4, 0.5) is 0 Å². The Hall–Kier alpha value is -8.28. The molecule has 0 amide bonds. The van der Waals surface area contributed by atoms with Gasteiger partial charge < -0.3 is 4.57 Å². The Balaban J connectivity index is 1.03. The maximum Gasteiger partial charge on any atom is 0.164 e. The number of para-hydroxylation sites is 1. The molecule has 290 valence electrons. The summed E-state index contributed by atoms with van der Waals surface area (Å²) in [4.78, 5) is 19.7. The molecule has 3 heterocycles. The molecule has 11 aromatic rings. The van der Waals surface area contributed by atoms with Crippen LogP contribution in [0.25, 0.3) is 83.9 Å². The molecule has 0 fully saturated rings. The monoisotopic (exact) mass is 791 g/mol. The minimum Gasteiger partial charge on any atom is -0.309 e. The molecule has 0 N–H and O–H groups in total. The lowest BCUT2D eigenvalue weighted by atomic mass is 9.68. The van der Waals surface area contributed by atoms with Gasteiger partial charge in [-0.05, 0) is 80.9 Å². The van der Waals surface area contributed by atoms with E-state index in [4.69, 9.17) is 15.0 Å². The van der Waals surface area contributed by atoms with Crippen molar-refractivity contribution in [2.24, 2.45) is 0 Å². The molecule has 5 nitrogen and oxygen atoms in total. The first-order chi connectivity index (χ1) is 30.8. The number of aromatic nitrogens is 5. The summed E-state index contributed by atoms with van der Waals surface area (Å²) in [7, 11) is 0. The first kappa shape index (κ1) is 35.6. The lowest BCUT2D eigenvalue weighted by molar-refractivity contribution is 0.763. The zero-order valence-electron chi connectivity index (χ0n) is 33.6. The molecule has 1 unspecified atom stereocenters. The molecule has 0 bridgehead atoms. The van der Waals surface area contributed by atoms with Crippen molar-refractivity contribution in [3.05, 3.63) is 247 Å². The SMILES string of the molecule is c1ccc(-c2nc(-c3ccccc3)nc(-c3cccc(-n4c5ccccc5c5cc(-c6cccc7c6-c6ccccc6C7(c6ccccc6)c6cccnc6)ccc54)c3)n2)cc1. The largest absolute Gasteiger partial charge is 0.309 e. The molecule has 1 aliphatic rings. The second-order valence-electron chi connectivity index (χ2n) is 15.8. The minimum atomic E-state index is -0.523. The zero-order valence-corrected chi connectivity index (χ0v) is 33.6. The van der Waals surface area contributed by atoms with Crippen molar-refractivity contribution in [3.63, 3.8) is 0 Å². The quantitative estimate of drug-likeness (QED) is 0.161. The first-order valence-electron chi connectivity index (χ1n) is 21.0. The lowest BCUT2D eigenvalue weighted by Gasteiger charge is -2.33. The molecule has 0 saturated heterocycles. The summed E-state index contributed by atoms with van der Waals surface area (Å²) in [6, 6.07) is 75.3. The summed E-state index contributed by atoms with van der Waals surface area (Å²) in [5.74, 6) is 1.90. The number of pyridine rings is 1. The van der Waals surface area contributed by atoms with Gasteiger partial charge in [0, 0.05) is 45.5 Å². The van der Waals surface area contributed by atoms with Crippen LogP contribution in [0.3, 0.4) is 0 Å². The molecule has 12 rings (SSSR count). The van der Waals surface area contributed by atoms with Crippen LogP contribution in [0.2, 0.25) is 0 Å². The summed E-state index contributed by atoms with van der Waals surface area (Å²) in [6.07, 6.45) is 3.89. The van der Waals surface area contributed by atoms with E-state index in [0.29, 0.717) is 17.5 Å². The summed E-state index contributed by atoms with van der Waals surface area (Å²) in [5, 5.41) is 2.38. The highest BCUT2D eigenvalue weighted by molar-refractivity contribution is 6.11. The molecule has 0 radical (unpaired) electrons. The Bertz CT molecular complexity index is 3350. The van der Waals surface area contributed by atoms with Gasteiger partial charge in [-0.25, -0.2) is 15.0 Å². The Morgan fingerprint density at radius 2 is 0.952 bits per heavy atom. The average Bonchev–Trinajstić information content (AvgIpc) is 3.86. The first-order valence-corrected chi connectivity index (χ1v) is 21.0. The van der Waals surface area contributed by atoms with Gasteiger partial charge in [0.05, 0.1) is 16.4 Å². The fourth-order valence-corrected chi connectivity index (χ4v) is 9.77. The van der Waals surface area contributed by atoms with E-state index in [1.54, 1.807) is 0 Å². The van der Waals surface area contributed by atoms with Crippen molar-refractivity contribution in [1.29, 1.82) is 0 Å². The van der Waals surface area contributed by atoms with E-state index in [1.807, 2.05) is 73.1 Å². The van der Waals surface area contributed by atoms with Crippen molar-refractivity contribution in [1.82, 2.24) is 24.5 Å². The topological polar surface area (TPSA) is 56.5 Å². The fraction of sp³-hybridized carbons (Fsp3) is 0.0175. The van der Waals surface area contributed by atoms with Crippen LogP contribution in [0.15, 0.2) is 225 Å². The average molecular weight is 792 g/mol. The summed E-state index contributed by atoms with van der Waals surface area (Å²) < 4.78 is 2.36. The molecule has 8 aromatic carbocycles. The van der Waals surface area contributed by atoms with Crippen molar-refractivity contribution in [2.75, 3.05) is 0 Å². The highest BCUT2D eigenvalue weighted by atomic mass is 15.0. The van der Waals surface area contributed by atoms with Gasteiger partial charge in [0.25, 0.3) is 0 Å². The fourth-order valence-electron chi connectivity index (χ4n) is 9.77. The normalized spacial score (nSPS) is 14.2.